The number of pyridine rings is 1. The van der Waals surface area contributed by atoms with Crippen LogP contribution in [0.2, 0.25) is 0 Å². The van der Waals surface area contributed by atoms with E-state index in [1.54, 1.807) is 35.0 Å². The van der Waals surface area contributed by atoms with Crippen LogP contribution < -0.4 is 11.1 Å². The maximum atomic E-state index is 12.5. The molecule has 150 valence electrons. The van der Waals surface area contributed by atoms with Gasteiger partial charge in [0.2, 0.25) is 0 Å². The van der Waals surface area contributed by atoms with Crippen LogP contribution in [0.15, 0.2) is 52.2 Å². The number of hydrogen-bond donors (Lipinski definition) is 0. The van der Waals surface area contributed by atoms with Gasteiger partial charge in [-0.3, -0.25) is 18.6 Å². The third-order valence-corrected chi connectivity index (χ3v) is 5.26. The zero-order chi connectivity index (χ0) is 20.8. The maximum absolute atomic E-state index is 12.5. The van der Waals surface area contributed by atoms with Crippen molar-refractivity contribution in [3.63, 3.8) is 0 Å². The van der Waals surface area contributed by atoms with Crippen molar-refractivity contribution in [3.05, 3.63) is 85.9 Å². The first-order valence-electron chi connectivity index (χ1n) is 9.69. The number of ether oxygens (including phenoxy) is 1. The molecule has 0 N–H and O–H groups in total. The Labute approximate surface area is 170 Å². The summed E-state index contributed by atoms with van der Waals surface area (Å²) in [5, 5.41) is 0.483. The van der Waals surface area contributed by atoms with Gasteiger partial charge in [0.05, 0.1) is 22.2 Å². The van der Waals surface area contributed by atoms with Crippen molar-refractivity contribution >= 4 is 22.5 Å². The minimum Gasteiger partial charge on any atom is -0.456 e. The summed E-state index contributed by atoms with van der Waals surface area (Å²) in [7, 11) is 0. The molecule has 0 spiro atoms. The molecule has 1 aliphatic rings. The number of benzene rings is 1. The summed E-state index contributed by atoms with van der Waals surface area (Å²) in [5.74, 6) is 0.180. The minimum absolute atomic E-state index is 0.0801. The molecule has 0 bridgehead atoms. The number of carbonyl (C=O) groups is 1. The fraction of sp³-hybridized carbons (Fsp3) is 0.227. The Balaban J connectivity index is 1.40. The van der Waals surface area contributed by atoms with E-state index in [9.17, 15) is 14.4 Å². The average Bonchev–Trinajstić information content (AvgIpc) is 3.21. The summed E-state index contributed by atoms with van der Waals surface area (Å²) in [6.45, 7) is 2.44. The lowest BCUT2D eigenvalue weighted by atomic mass is 10.1. The summed E-state index contributed by atoms with van der Waals surface area (Å²) < 4.78 is 8.49. The first-order valence-corrected chi connectivity index (χ1v) is 9.69. The average molecular weight is 402 g/mol. The molecule has 4 heterocycles. The summed E-state index contributed by atoms with van der Waals surface area (Å²) in [6.07, 6.45) is 3.36. The van der Waals surface area contributed by atoms with Crippen molar-refractivity contribution < 1.29 is 9.53 Å². The van der Waals surface area contributed by atoms with Gasteiger partial charge in [0.1, 0.15) is 18.1 Å². The molecule has 0 saturated heterocycles. The molecule has 0 radical (unpaired) electrons. The molecule has 1 aromatic carbocycles. The van der Waals surface area contributed by atoms with E-state index in [-0.39, 0.29) is 17.7 Å². The summed E-state index contributed by atoms with van der Waals surface area (Å²) in [6, 6.07) is 9.69. The molecular weight excluding hydrogens is 384 g/mol. The Bertz CT molecular complexity index is 1450. The van der Waals surface area contributed by atoms with Crippen molar-refractivity contribution in [2.24, 2.45) is 0 Å². The highest BCUT2D eigenvalue weighted by Crippen LogP contribution is 2.17. The van der Waals surface area contributed by atoms with Gasteiger partial charge < -0.3 is 4.74 Å². The highest BCUT2D eigenvalue weighted by Gasteiger charge is 2.17. The van der Waals surface area contributed by atoms with Gasteiger partial charge >= 0.3 is 5.97 Å². The van der Waals surface area contributed by atoms with Crippen LogP contribution in [0.25, 0.3) is 16.6 Å². The number of aromatic nitrogens is 4. The van der Waals surface area contributed by atoms with Crippen molar-refractivity contribution in [3.8, 4) is 0 Å². The first-order chi connectivity index (χ1) is 14.5. The third-order valence-electron chi connectivity index (χ3n) is 5.26. The Hall–Kier alpha value is -3.81. The quantitative estimate of drug-likeness (QED) is 0.487. The van der Waals surface area contributed by atoms with Crippen molar-refractivity contribution in [2.75, 3.05) is 0 Å². The van der Waals surface area contributed by atoms with E-state index in [1.165, 1.54) is 10.5 Å². The number of carbonyl (C=O) groups excluding carboxylic acids is 1. The molecule has 1 aliphatic heterocycles. The first kappa shape index (κ1) is 18.2. The fourth-order valence-corrected chi connectivity index (χ4v) is 3.77. The predicted octanol–water partition coefficient (Wildman–Crippen LogP) is 2.02. The molecular formula is C22H18N4O4. The van der Waals surface area contributed by atoms with Crippen LogP contribution >= 0.6 is 0 Å². The molecule has 0 aliphatic carbocycles. The van der Waals surface area contributed by atoms with Gasteiger partial charge in [-0.25, -0.2) is 14.8 Å². The van der Waals surface area contributed by atoms with Gasteiger partial charge in [0.25, 0.3) is 11.1 Å². The molecule has 4 aromatic rings. The highest BCUT2D eigenvalue weighted by molar-refractivity contribution is 5.94. The number of esters is 1. The molecule has 0 fully saturated rings. The largest absolute Gasteiger partial charge is 0.456 e. The normalized spacial score (nSPS) is 13.0. The Morgan fingerprint density at radius 3 is 2.87 bits per heavy atom. The van der Waals surface area contributed by atoms with Crippen molar-refractivity contribution in [2.45, 2.75) is 32.9 Å². The van der Waals surface area contributed by atoms with Crippen LogP contribution in [-0.4, -0.2) is 24.9 Å². The topological polar surface area (TPSA) is 95.6 Å². The second kappa shape index (κ2) is 6.91. The van der Waals surface area contributed by atoms with E-state index in [2.05, 4.69) is 9.97 Å². The smallest absolute Gasteiger partial charge is 0.338 e. The number of rotatable bonds is 3. The van der Waals surface area contributed by atoms with Gasteiger partial charge in [0, 0.05) is 25.2 Å². The summed E-state index contributed by atoms with van der Waals surface area (Å²) in [5.41, 5.74) is 2.27. The van der Waals surface area contributed by atoms with Gasteiger partial charge in [-0.15, -0.1) is 0 Å². The molecule has 0 unspecified atom stereocenters. The Morgan fingerprint density at radius 2 is 2.00 bits per heavy atom. The maximum Gasteiger partial charge on any atom is 0.338 e. The van der Waals surface area contributed by atoms with Crippen LogP contribution in [0.4, 0.5) is 0 Å². The summed E-state index contributed by atoms with van der Waals surface area (Å²) in [4.78, 5) is 46.3. The molecule has 5 rings (SSSR count). The lowest BCUT2D eigenvalue weighted by Gasteiger charge is -2.08. The van der Waals surface area contributed by atoms with Gasteiger partial charge in [0.15, 0.2) is 0 Å². The van der Waals surface area contributed by atoms with Crippen LogP contribution in [0.1, 0.15) is 33.9 Å². The van der Waals surface area contributed by atoms with Gasteiger partial charge in [-0.2, -0.15) is 0 Å². The molecule has 8 nitrogen and oxygen atoms in total. The molecule has 0 atom stereocenters. The second-order valence-electron chi connectivity index (χ2n) is 7.42. The van der Waals surface area contributed by atoms with E-state index in [4.69, 9.17) is 4.74 Å². The molecule has 30 heavy (non-hydrogen) atoms. The molecule has 3 aromatic heterocycles. The van der Waals surface area contributed by atoms with Crippen LogP contribution in [0, 0.1) is 6.92 Å². The highest BCUT2D eigenvalue weighted by atomic mass is 16.5. The lowest BCUT2D eigenvalue weighted by Crippen LogP contribution is -2.21. The summed E-state index contributed by atoms with van der Waals surface area (Å²) >= 11 is 0. The standard InChI is InChI=1S/C22H18N4O4/c1-13-4-7-19-23-15(10-20(27)26(19)11-13)12-30-22(29)14-5-6-16-17(9-14)24-18-3-2-8-25(18)21(16)28/h4-7,9-11H,2-3,8,12H2,1H3. The SMILES string of the molecule is Cc1ccc2nc(COC(=O)c3ccc4c(=O)n5c(nc4c3)CCC5)cc(=O)n2c1. The third kappa shape index (κ3) is 3.06. The number of hydrogen-bond acceptors (Lipinski definition) is 6. The molecule has 0 saturated carbocycles. The van der Waals surface area contributed by atoms with E-state index >= 15 is 0 Å². The zero-order valence-corrected chi connectivity index (χ0v) is 16.3. The fourth-order valence-electron chi connectivity index (χ4n) is 3.77. The van der Waals surface area contributed by atoms with Gasteiger partial charge in [-0.05, 0) is 43.2 Å². The number of aryl methyl sites for hydroxylation is 2. The Morgan fingerprint density at radius 1 is 1.13 bits per heavy atom. The zero-order valence-electron chi connectivity index (χ0n) is 16.3. The lowest BCUT2D eigenvalue weighted by molar-refractivity contribution is 0.0468. The second-order valence-corrected chi connectivity index (χ2v) is 7.42. The van der Waals surface area contributed by atoms with Crippen LogP contribution in [0.3, 0.4) is 0 Å². The van der Waals surface area contributed by atoms with Crippen molar-refractivity contribution in [1.29, 1.82) is 0 Å². The van der Waals surface area contributed by atoms with E-state index < -0.39 is 5.97 Å². The minimum atomic E-state index is -0.565. The van der Waals surface area contributed by atoms with E-state index in [0.29, 0.717) is 34.4 Å². The monoisotopic (exact) mass is 402 g/mol. The van der Waals surface area contributed by atoms with Gasteiger partial charge in [-0.1, -0.05) is 6.07 Å². The number of nitrogens with zero attached hydrogens (tertiary/aromatic N) is 4. The predicted molar refractivity (Wildman–Crippen MR) is 110 cm³/mol. The van der Waals surface area contributed by atoms with Crippen LogP contribution in [-0.2, 0) is 24.3 Å². The number of fused-ring (bicyclic) bond motifs is 3. The van der Waals surface area contributed by atoms with E-state index in [1.807, 2.05) is 13.0 Å². The van der Waals surface area contributed by atoms with Crippen LogP contribution in [0.5, 0.6) is 0 Å². The molecule has 8 heteroatoms. The molecule has 0 amide bonds. The van der Waals surface area contributed by atoms with E-state index in [0.717, 1.165) is 24.2 Å². The Kier molecular flexibility index (Phi) is 4.20. The van der Waals surface area contributed by atoms with Crippen molar-refractivity contribution in [1.82, 2.24) is 18.9 Å².